The molecule has 0 spiro atoms. The third-order valence-electron chi connectivity index (χ3n) is 1.54. The van der Waals surface area contributed by atoms with Gasteiger partial charge in [0.2, 0.25) is 0 Å². The molecule has 0 radical (unpaired) electrons. The molecule has 0 saturated carbocycles. The van der Waals surface area contributed by atoms with Crippen LogP contribution in [0.15, 0.2) is 24.5 Å². The standard InChI is InChI=1S/C9H14N.NO3/c1-3-6-10-7-4-9(2)5-8-10;2-1(3)4/h4-5,7-8H,3,6H2,1-2H3;/q+1;-1. The van der Waals surface area contributed by atoms with Crippen molar-refractivity contribution in [3.8, 4) is 0 Å². The lowest BCUT2D eigenvalue weighted by Crippen LogP contribution is -2.31. The van der Waals surface area contributed by atoms with Crippen LogP contribution in [0.25, 0.3) is 0 Å². The number of aryl methyl sites for hydroxylation is 2. The minimum atomic E-state index is -1.75. The molecule has 14 heavy (non-hydrogen) atoms. The number of hydrogen-bond acceptors (Lipinski definition) is 3. The van der Waals surface area contributed by atoms with E-state index in [2.05, 4.69) is 42.9 Å². The Kier molecular flexibility index (Phi) is 6.02. The summed E-state index contributed by atoms with van der Waals surface area (Å²) in [7, 11) is 0. The Morgan fingerprint density at radius 1 is 1.36 bits per heavy atom. The van der Waals surface area contributed by atoms with Gasteiger partial charge in [-0.05, 0) is 12.5 Å². The predicted molar refractivity (Wildman–Crippen MR) is 52.0 cm³/mol. The van der Waals surface area contributed by atoms with Crippen LogP contribution < -0.4 is 4.57 Å². The van der Waals surface area contributed by atoms with Crippen LogP contribution in [0.2, 0.25) is 0 Å². The minimum Gasteiger partial charge on any atom is -0.356 e. The smallest absolute Gasteiger partial charge is 0.169 e. The van der Waals surface area contributed by atoms with E-state index in [0.717, 1.165) is 6.54 Å². The van der Waals surface area contributed by atoms with Gasteiger partial charge in [-0.15, -0.1) is 0 Å². The van der Waals surface area contributed by atoms with Gasteiger partial charge in [-0.1, -0.05) is 6.92 Å². The molecule has 78 valence electrons. The number of hydrogen-bond donors (Lipinski definition) is 0. The summed E-state index contributed by atoms with van der Waals surface area (Å²) in [6, 6.07) is 4.27. The molecule has 0 aliphatic carbocycles. The molecule has 0 aliphatic rings. The van der Waals surface area contributed by atoms with Gasteiger partial charge in [0.25, 0.3) is 0 Å². The van der Waals surface area contributed by atoms with Gasteiger partial charge in [0.15, 0.2) is 12.4 Å². The quantitative estimate of drug-likeness (QED) is 0.410. The van der Waals surface area contributed by atoms with Crippen molar-refractivity contribution < 1.29 is 9.65 Å². The van der Waals surface area contributed by atoms with E-state index in [9.17, 15) is 0 Å². The average Bonchev–Trinajstić information content (AvgIpc) is 2.08. The molecule has 1 heterocycles. The predicted octanol–water partition coefficient (Wildman–Crippen LogP) is 1.45. The highest BCUT2D eigenvalue weighted by molar-refractivity contribution is 5.03. The summed E-state index contributed by atoms with van der Waals surface area (Å²) in [5.74, 6) is 0. The van der Waals surface area contributed by atoms with E-state index in [1.54, 1.807) is 0 Å². The summed E-state index contributed by atoms with van der Waals surface area (Å²) in [6.45, 7) is 5.42. The molecule has 0 saturated heterocycles. The molecule has 5 heteroatoms. The monoisotopic (exact) mass is 198 g/mol. The molecule has 0 fully saturated rings. The van der Waals surface area contributed by atoms with Crippen LogP contribution in [-0.4, -0.2) is 5.09 Å². The van der Waals surface area contributed by atoms with Crippen molar-refractivity contribution in [2.24, 2.45) is 0 Å². The third kappa shape index (κ3) is 7.02. The van der Waals surface area contributed by atoms with Crippen molar-refractivity contribution in [2.45, 2.75) is 26.8 Å². The lowest BCUT2D eigenvalue weighted by Gasteiger charge is -1.92. The van der Waals surface area contributed by atoms with E-state index >= 15 is 0 Å². The summed E-state index contributed by atoms with van der Waals surface area (Å²) in [4.78, 5) is 8.25. The van der Waals surface area contributed by atoms with E-state index in [1.807, 2.05) is 0 Å². The van der Waals surface area contributed by atoms with Crippen LogP contribution >= 0.6 is 0 Å². The second kappa shape index (κ2) is 6.82. The number of aromatic nitrogens is 1. The fourth-order valence-corrected chi connectivity index (χ4v) is 0.939. The van der Waals surface area contributed by atoms with E-state index in [1.165, 1.54) is 12.0 Å². The fraction of sp³-hybridized carbons (Fsp3) is 0.444. The molecule has 1 aromatic rings. The summed E-state index contributed by atoms with van der Waals surface area (Å²) >= 11 is 0. The molecule has 0 aliphatic heterocycles. The first kappa shape index (κ1) is 12.3. The molecule has 0 bridgehead atoms. The minimum absolute atomic E-state index is 1.13. The Hall–Kier alpha value is -1.65. The molecular formula is C9H14N2O3. The first-order valence-corrected chi connectivity index (χ1v) is 4.33. The molecule has 1 rings (SSSR count). The SMILES string of the molecule is CCC[n+]1ccc(C)cc1.O=[N+]([O-])[O-]. The van der Waals surface area contributed by atoms with Crippen molar-refractivity contribution in [3.63, 3.8) is 0 Å². The average molecular weight is 198 g/mol. The molecule has 0 N–H and O–H groups in total. The van der Waals surface area contributed by atoms with Crippen molar-refractivity contribution in [1.82, 2.24) is 0 Å². The van der Waals surface area contributed by atoms with E-state index in [4.69, 9.17) is 15.3 Å². The lowest BCUT2D eigenvalue weighted by molar-refractivity contribution is -0.697. The van der Waals surface area contributed by atoms with Gasteiger partial charge in [0, 0.05) is 18.6 Å². The van der Waals surface area contributed by atoms with Gasteiger partial charge in [-0.25, -0.2) is 4.57 Å². The highest BCUT2D eigenvalue weighted by atomic mass is 16.9. The zero-order valence-corrected chi connectivity index (χ0v) is 8.34. The van der Waals surface area contributed by atoms with Crippen LogP contribution in [0, 0.1) is 22.2 Å². The molecule has 1 aromatic heterocycles. The normalized spacial score (nSPS) is 8.71. The molecule has 0 atom stereocenters. The Morgan fingerprint density at radius 3 is 2.14 bits per heavy atom. The van der Waals surface area contributed by atoms with Crippen LogP contribution in [0.1, 0.15) is 18.9 Å². The molecular weight excluding hydrogens is 184 g/mol. The Bertz CT molecular complexity index is 268. The van der Waals surface area contributed by atoms with Crippen molar-refractivity contribution in [1.29, 1.82) is 0 Å². The Morgan fingerprint density at radius 2 is 1.79 bits per heavy atom. The Balaban J connectivity index is 0.000000364. The maximum Gasteiger partial charge on any atom is 0.169 e. The molecule has 5 nitrogen and oxygen atoms in total. The third-order valence-corrected chi connectivity index (χ3v) is 1.54. The van der Waals surface area contributed by atoms with Crippen LogP contribution in [-0.2, 0) is 6.54 Å². The zero-order chi connectivity index (χ0) is 11.0. The molecule has 0 unspecified atom stereocenters. The number of pyridine rings is 1. The van der Waals surface area contributed by atoms with E-state index in [-0.39, 0.29) is 0 Å². The van der Waals surface area contributed by atoms with Crippen LogP contribution in [0.5, 0.6) is 0 Å². The maximum atomic E-state index is 8.25. The first-order chi connectivity index (χ1) is 6.56. The zero-order valence-electron chi connectivity index (χ0n) is 8.34. The molecule has 0 amide bonds. The second-order valence-corrected chi connectivity index (χ2v) is 2.84. The van der Waals surface area contributed by atoms with E-state index in [0.29, 0.717) is 0 Å². The maximum absolute atomic E-state index is 8.25. The van der Waals surface area contributed by atoms with Gasteiger partial charge in [-0.3, -0.25) is 0 Å². The summed E-state index contributed by atoms with van der Waals surface area (Å²) in [6.07, 6.45) is 5.45. The number of nitrogens with zero attached hydrogens (tertiary/aromatic N) is 2. The van der Waals surface area contributed by atoms with Crippen molar-refractivity contribution in [2.75, 3.05) is 0 Å². The second-order valence-electron chi connectivity index (χ2n) is 2.84. The highest BCUT2D eigenvalue weighted by Crippen LogP contribution is 1.89. The topological polar surface area (TPSA) is 70.1 Å². The van der Waals surface area contributed by atoms with Gasteiger partial charge >= 0.3 is 0 Å². The van der Waals surface area contributed by atoms with Gasteiger partial charge in [0.1, 0.15) is 6.54 Å². The molecule has 0 aromatic carbocycles. The van der Waals surface area contributed by atoms with Gasteiger partial charge < -0.3 is 15.3 Å². The first-order valence-electron chi connectivity index (χ1n) is 4.33. The highest BCUT2D eigenvalue weighted by Gasteiger charge is 1.94. The van der Waals surface area contributed by atoms with Crippen LogP contribution in [0.4, 0.5) is 0 Å². The Labute approximate surface area is 82.7 Å². The number of rotatable bonds is 2. The summed E-state index contributed by atoms with van der Waals surface area (Å²) in [5.41, 5.74) is 1.33. The summed E-state index contributed by atoms with van der Waals surface area (Å²) in [5, 5.41) is 14.8. The van der Waals surface area contributed by atoms with Crippen LogP contribution in [0.3, 0.4) is 0 Å². The fourth-order valence-electron chi connectivity index (χ4n) is 0.939. The van der Waals surface area contributed by atoms with Crippen molar-refractivity contribution in [3.05, 3.63) is 45.4 Å². The van der Waals surface area contributed by atoms with E-state index < -0.39 is 5.09 Å². The van der Waals surface area contributed by atoms with Gasteiger partial charge in [-0.2, -0.15) is 0 Å². The summed E-state index contributed by atoms with van der Waals surface area (Å²) < 4.78 is 2.20. The largest absolute Gasteiger partial charge is 0.356 e. The lowest BCUT2D eigenvalue weighted by atomic mass is 10.3. The van der Waals surface area contributed by atoms with Gasteiger partial charge in [0.05, 0.1) is 5.09 Å². The van der Waals surface area contributed by atoms with Crippen molar-refractivity contribution >= 4 is 0 Å².